The van der Waals surface area contributed by atoms with Crippen molar-refractivity contribution in [2.45, 2.75) is 39.5 Å². The standard InChI is InChI=1S/2C12H12Cl.2ClH.Zr/c2*1-8-5-11-9(2)3-4-10(7-13)12(11)6-8;;;/h2*3-6H,7H2,1-2H3;2*1H;/q2*-1;;;+4/p-2. The first kappa shape index (κ1) is 25.0. The Hall–Kier alpha value is -0.297. The van der Waals surface area contributed by atoms with Gasteiger partial charge in [0.25, 0.3) is 0 Å². The second-order valence-electron chi connectivity index (χ2n) is 7.14. The fourth-order valence-corrected chi connectivity index (χ4v) is 4.00. The summed E-state index contributed by atoms with van der Waals surface area (Å²) in [6.07, 6.45) is 0. The summed E-state index contributed by atoms with van der Waals surface area (Å²) in [6, 6.07) is 17.4. The van der Waals surface area contributed by atoms with E-state index in [1.165, 1.54) is 54.9 Å². The van der Waals surface area contributed by atoms with Gasteiger partial charge in [-0.3, -0.25) is 0 Å². The van der Waals surface area contributed by atoms with Crippen molar-refractivity contribution in [2.24, 2.45) is 0 Å². The van der Waals surface area contributed by atoms with Crippen molar-refractivity contribution >= 4 is 61.8 Å². The minimum atomic E-state index is -0.826. The molecule has 0 N–H and O–H groups in total. The van der Waals surface area contributed by atoms with E-state index in [0.717, 1.165) is 0 Å². The number of alkyl halides is 2. The SMILES string of the molecule is Cc1cc2c(CCl)ccc(C)c2[cH-]1.Cc1cc2c(CCl)ccc(C)c2[cH-]1.[Cl][Zr+2][Cl]. The first-order valence-electron chi connectivity index (χ1n) is 9.25. The Balaban J connectivity index is 0.000000183. The molecule has 0 saturated carbocycles. The van der Waals surface area contributed by atoms with Crippen LogP contribution in [0, 0.1) is 27.7 Å². The molecular formula is C24H24Cl4Zr. The molecule has 0 spiro atoms. The van der Waals surface area contributed by atoms with Gasteiger partial charge in [-0.2, -0.15) is 12.1 Å². The zero-order valence-corrected chi connectivity index (χ0v) is 22.5. The molecule has 0 nitrogen and oxygen atoms in total. The maximum absolute atomic E-state index is 5.87. The van der Waals surface area contributed by atoms with Gasteiger partial charge in [-0.05, 0) is 0 Å². The number of rotatable bonds is 2. The summed E-state index contributed by atoms with van der Waals surface area (Å²) >= 11 is 10.9. The van der Waals surface area contributed by atoms with Crippen LogP contribution in [0.4, 0.5) is 0 Å². The molecule has 0 saturated heterocycles. The van der Waals surface area contributed by atoms with Crippen LogP contribution in [-0.4, -0.2) is 0 Å². The molecule has 5 heteroatoms. The van der Waals surface area contributed by atoms with Crippen molar-refractivity contribution in [1.82, 2.24) is 0 Å². The summed E-state index contributed by atoms with van der Waals surface area (Å²) in [4.78, 5) is 0. The van der Waals surface area contributed by atoms with E-state index in [2.05, 4.69) is 76.2 Å². The average molecular weight is 545 g/mol. The molecule has 29 heavy (non-hydrogen) atoms. The Bertz CT molecular complexity index is 990. The van der Waals surface area contributed by atoms with Crippen molar-refractivity contribution in [1.29, 1.82) is 0 Å². The number of fused-ring (bicyclic) bond motifs is 2. The molecule has 0 unspecified atom stereocenters. The van der Waals surface area contributed by atoms with E-state index in [1.807, 2.05) is 0 Å². The molecule has 4 aromatic rings. The first-order chi connectivity index (χ1) is 13.9. The summed E-state index contributed by atoms with van der Waals surface area (Å²) in [5, 5.41) is 5.31. The molecule has 0 fully saturated rings. The van der Waals surface area contributed by atoms with Gasteiger partial charge in [-0.1, -0.05) is 51.0 Å². The van der Waals surface area contributed by atoms with Crippen LogP contribution in [0.25, 0.3) is 21.5 Å². The van der Waals surface area contributed by atoms with Crippen LogP contribution in [-0.2, 0) is 32.6 Å². The van der Waals surface area contributed by atoms with E-state index in [9.17, 15) is 0 Å². The topological polar surface area (TPSA) is 0 Å². The predicted octanol–water partition coefficient (Wildman–Crippen LogP) is 9.21. The van der Waals surface area contributed by atoms with E-state index < -0.39 is 20.8 Å². The number of hydrogen-bond acceptors (Lipinski definition) is 0. The third-order valence-corrected chi connectivity index (χ3v) is 5.54. The molecule has 0 aliphatic rings. The van der Waals surface area contributed by atoms with E-state index in [1.54, 1.807) is 0 Å². The third-order valence-electron chi connectivity index (χ3n) is 4.97. The summed E-state index contributed by atoms with van der Waals surface area (Å²) in [5.41, 5.74) is 7.76. The van der Waals surface area contributed by atoms with Gasteiger partial charge in [0.2, 0.25) is 0 Å². The fourth-order valence-electron chi connectivity index (χ4n) is 3.53. The van der Waals surface area contributed by atoms with Crippen molar-refractivity contribution < 1.29 is 20.8 Å². The minimum absolute atomic E-state index is 0.597. The van der Waals surface area contributed by atoms with Gasteiger partial charge in [0.1, 0.15) is 0 Å². The first-order valence-corrected chi connectivity index (χ1v) is 16.6. The molecule has 0 aliphatic heterocycles. The average Bonchev–Trinajstić information content (AvgIpc) is 3.27. The summed E-state index contributed by atoms with van der Waals surface area (Å²) < 4.78 is 0. The normalized spacial score (nSPS) is 10.2. The van der Waals surface area contributed by atoms with Gasteiger partial charge in [0.05, 0.1) is 0 Å². The molecule has 4 rings (SSSR count). The molecule has 0 amide bonds. The number of hydrogen-bond donors (Lipinski definition) is 0. The number of benzene rings is 2. The summed E-state index contributed by atoms with van der Waals surface area (Å²) in [7, 11) is 9.87. The summed E-state index contributed by atoms with van der Waals surface area (Å²) in [6.45, 7) is 8.52. The van der Waals surface area contributed by atoms with Crippen molar-refractivity contribution in [2.75, 3.05) is 0 Å². The zero-order valence-electron chi connectivity index (χ0n) is 17.0. The second-order valence-corrected chi connectivity index (χ2v) is 11.4. The molecule has 0 atom stereocenters. The van der Waals surface area contributed by atoms with Crippen LogP contribution in [0.15, 0.2) is 48.5 Å². The number of halogens is 4. The van der Waals surface area contributed by atoms with Crippen molar-refractivity contribution in [3.8, 4) is 0 Å². The van der Waals surface area contributed by atoms with Gasteiger partial charge >= 0.3 is 37.9 Å². The Morgan fingerprint density at radius 3 is 1.34 bits per heavy atom. The van der Waals surface area contributed by atoms with Crippen LogP contribution in [0.5, 0.6) is 0 Å². The van der Waals surface area contributed by atoms with Crippen LogP contribution in [0.2, 0.25) is 0 Å². The van der Waals surface area contributed by atoms with E-state index in [0.29, 0.717) is 11.8 Å². The molecule has 152 valence electrons. The van der Waals surface area contributed by atoms with Gasteiger partial charge in [0, 0.05) is 11.8 Å². The monoisotopic (exact) mass is 542 g/mol. The van der Waals surface area contributed by atoms with Gasteiger partial charge in [-0.15, -0.1) is 91.3 Å². The Morgan fingerprint density at radius 2 is 1.03 bits per heavy atom. The molecule has 0 aliphatic carbocycles. The molecule has 0 aromatic heterocycles. The van der Waals surface area contributed by atoms with Crippen LogP contribution < -0.4 is 0 Å². The van der Waals surface area contributed by atoms with E-state index in [-0.39, 0.29) is 0 Å². The van der Waals surface area contributed by atoms with Crippen molar-refractivity contribution in [3.05, 3.63) is 81.9 Å². The quantitative estimate of drug-likeness (QED) is 0.174. The van der Waals surface area contributed by atoms with Crippen molar-refractivity contribution in [3.63, 3.8) is 0 Å². The fraction of sp³-hybridized carbons (Fsp3) is 0.250. The van der Waals surface area contributed by atoms with Crippen LogP contribution >= 0.6 is 40.2 Å². The van der Waals surface area contributed by atoms with Crippen LogP contribution in [0.1, 0.15) is 33.4 Å². The number of aryl methyl sites for hydroxylation is 4. The second kappa shape index (κ2) is 11.9. The maximum atomic E-state index is 5.87. The van der Waals surface area contributed by atoms with Gasteiger partial charge < -0.3 is 0 Å². The third kappa shape index (κ3) is 6.35. The Morgan fingerprint density at radius 1 is 0.690 bits per heavy atom. The predicted molar refractivity (Wildman–Crippen MR) is 129 cm³/mol. The zero-order chi connectivity index (χ0) is 21.6. The summed E-state index contributed by atoms with van der Waals surface area (Å²) in [5.74, 6) is 1.19. The van der Waals surface area contributed by atoms with Crippen LogP contribution in [0.3, 0.4) is 0 Å². The molecular weight excluding hydrogens is 521 g/mol. The van der Waals surface area contributed by atoms with E-state index >= 15 is 0 Å². The Kier molecular flexibility index (Phi) is 10.3. The Labute approximate surface area is 202 Å². The molecule has 4 aromatic carbocycles. The van der Waals surface area contributed by atoms with E-state index in [4.69, 9.17) is 40.2 Å². The van der Waals surface area contributed by atoms with Gasteiger partial charge in [0.15, 0.2) is 0 Å². The molecule has 0 radical (unpaired) electrons. The molecule has 0 heterocycles. The molecule has 0 bridgehead atoms. The van der Waals surface area contributed by atoms with Gasteiger partial charge in [-0.25, -0.2) is 0 Å².